The zero-order chi connectivity index (χ0) is 12.8. The molecule has 1 rings (SSSR count). The summed E-state index contributed by atoms with van der Waals surface area (Å²) in [7, 11) is 0. The molecule has 0 saturated heterocycles. The van der Waals surface area contributed by atoms with Gasteiger partial charge in [0.15, 0.2) is 0 Å². The highest BCUT2D eigenvalue weighted by Crippen LogP contribution is 2.23. The minimum absolute atomic E-state index is 0.0535. The summed E-state index contributed by atoms with van der Waals surface area (Å²) in [5, 5.41) is 3.14. The van der Waals surface area contributed by atoms with Crippen LogP contribution in [0.25, 0.3) is 0 Å². The van der Waals surface area contributed by atoms with Crippen LogP contribution >= 0.6 is 0 Å². The second-order valence-electron chi connectivity index (χ2n) is 3.84. The maximum Gasteiger partial charge on any atom is 0.250 e. The first-order valence-electron chi connectivity index (χ1n) is 5.58. The van der Waals surface area contributed by atoms with Crippen LogP contribution in [0.4, 0.5) is 11.4 Å². The Morgan fingerprint density at radius 3 is 2.82 bits per heavy atom. The number of hydrogen-bond acceptors (Lipinski definition) is 4. The lowest BCUT2D eigenvalue weighted by Gasteiger charge is -2.18. The Labute approximate surface area is 101 Å². The van der Waals surface area contributed by atoms with Crippen molar-refractivity contribution in [3.8, 4) is 0 Å². The number of amides is 1. The maximum atomic E-state index is 11.3. The lowest BCUT2D eigenvalue weighted by atomic mass is 10.1. The molecule has 5 nitrogen and oxygen atoms in total. The Morgan fingerprint density at radius 1 is 1.53 bits per heavy atom. The average molecular weight is 237 g/mol. The van der Waals surface area contributed by atoms with Gasteiger partial charge in [0.2, 0.25) is 0 Å². The minimum atomic E-state index is -0.497. The van der Waals surface area contributed by atoms with E-state index in [2.05, 4.69) is 5.32 Å². The molecule has 1 aromatic carbocycles. The molecule has 0 aliphatic carbocycles. The molecule has 0 radical (unpaired) electrons. The second-order valence-corrected chi connectivity index (χ2v) is 3.84. The molecule has 1 unspecified atom stereocenters. The quantitative estimate of drug-likeness (QED) is 0.648. The van der Waals surface area contributed by atoms with Crippen LogP contribution in [-0.4, -0.2) is 25.2 Å². The fraction of sp³-hybridized carbons (Fsp3) is 0.417. The largest absolute Gasteiger partial charge is 0.397 e. The van der Waals surface area contributed by atoms with Crippen LogP contribution < -0.4 is 16.8 Å². The number of carbonyl (C=O) groups is 1. The van der Waals surface area contributed by atoms with Gasteiger partial charge in [-0.1, -0.05) is 6.07 Å². The number of nitrogens with one attached hydrogen (secondary N) is 1. The zero-order valence-corrected chi connectivity index (χ0v) is 10.2. The van der Waals surface area contributed by atoms with Crippen LogP contribution in [0.1, 0.15) is 24.2 Å². The first kappa shape index (κ1) is 13.3. The highest BCUT2D eigenvalue weighted by atomic mass is 16.5. The number of anilines is 2. The Morgan fingerprint density at radius 2 is 2.24 bits per heavy atom. The third-order valence-corrected chi connectivity index (χ3v) is 2.32. The Hall–Kier alpha value is -1.75. The Bertz CT molecular complexity index is 393. The summed E-state index contributed by atoms with van der Waals surface area (Å²) in [6.45, 7) is 5.08. The SMILES string of the molecule is CCOCC(C)Nc1c(N)cccc1C(N)=O. The van der Waals surface area contributed by atoms with E-state index < -0.39 is 5.91 Å². The van der Waals surface area contributed by atoms with Crippen LogP contribution in [0, 0.1) is 0 Å². The van der Waals surface area contributed by atoms with Gasteiger partial charge in [-0.2, -0.15) is 0 Å². The van der Waals surface area contributed by atoms with Gasteiger partial charge in [0.05, 0.1) is 23.5 Å². The highest BCUT2D eigenvalue weighted by molar-refractivity contribution is 6.01. The molecule has 0 aliphatic rings. The summed E-state index contributed by atoms with van der Waals surface area (Å²) < 4.78 is 5.29. The number of rotatable bonds is 6. The molecule has 5 N–H and O–H groups in total. The van der Waals surface area contributed by atoms with E-state index in [1.54, 1.807) is 18.2 Å². The summed E-state index contributed by atoms with van der Waals surface area (Å²) in [6, 6.07) is 5.13. The number of hydrogen-bond donors (Lipinski definition) is 3. The zero-order valence-electron chi connectivity index (χ0n) is 10.2. The van der Waals surface area contributed by atoms with E-state index in [1.165, 1.54) is 0 Å². The van der Waals surface area contributed by atoms with Crippen LogP contribution in [0.5, 0.6) is 0 Å². The van der Waals surface area contributed by atoms with E-state index in [1.807, 2.05) is 13.8 Å². The predicted octanol–water partition coefficient (Wildman–Crippen LogP) is 1.20. The molecular formula is C12H19N3O2. The molecule has 94 valence electrons. The first-order chi connectivity index (χ1) is 8.06. The lowest BCUT2D eigenvalue weighted by Crippen LogP contribution is -2.25. The average Bonchev–Trinajstić information content (AvgIpc) is 2.28. The third kappa shape index (κ3) is 3.64. The van der Waals surface area contributed by atoms with Crippen molar-refractivity contribution in [1.82, 2.24) is 0 Å². The predicted molar refractivity (Wildman–Crippen MR) is 69.0 cm³/mol. The van der Waals surface area contributed by atoms with E-state index in [0.717, 1.165) is 0 Å². The van der Waals surface area contributed by atoms with Gasteiger partial charge < -0.3 is 21.5 Å². The third-order valence-electron chi connectivity index (χ3n) is 2.32. The number of para-hydroxylation sites is 1. The monoisotopic (exact) mass is 237 g/mol. The van der Waals surface area contributed by atoms with Gasteiger partial charge in [-0.25, -0.2) is 0 Å². The lowest BCUT2D eigenvalue weighted by molar-refractivity contribution is 0.100. The van der Waals surface area contributed by atoms with Crippen molar-refractivity contribution >= 4 is 17.3 Å². The maximum absolute atomic E-state index is 11.3. The molecule has 1 atom stereocenters. The van der Waals surface area contributed by atoms with Crippen molar-refractivity contribution in [2.24, 2.45) is 5.73 Å². The van der Waals surface area contributed by atoms with Gasteiger partial charge in [-0.15, -0.1) is 0 Å². The van der Waals surface area contributed by atoms with Crippen LogP contribution in [-0.2, 0) is 4.74 Å². The molecule has 1 aromatic rings. The molecular weight excluding hydrogens is 218 g/mol. The van der Waals surface area contributed by atoms with Gasteiger partial charge >= 0.3 is 0 Å². The number of carbonyl (C=O) groups excluding carboxylic acids is 1. The molecule has 0 heterocycles. The molecule has 0 aromatic heterocycles. The van der Waals surface area contributed by atoms with Gasteiger partial charge in [-0.05, 0) is 26.0 Å². The summed E-state index contributed by atoms with van der Waals surface area (Å²) in [6.07, 6.45) is 0. The van der Waals surface area contributed by atoms with Gasteiger partial charge in [0.25, 0.3) is 5.91 Å². The number of nitrogen functional groups attached to an aromatic ring is 1. The number of nitrogens with two attached hydrogens (primary N) is 2. The standard InChI is InChI=1S/C12H19N3O2/c1-3-17-7-8(2)15-11-9(12(14)16)5-4-6-10(11)13/h4-6,8,15H,3,7,13H2,1-2H3,(H2,14,16). The molecule has 0 saturated carbocycles. The second kappa shape index (κ2) is 6.10. The fourth-order valence-corrected chi connectivity index (χ4v) is 1.52. The van der Waals surface area contributed by atoms with Crippen molar-refractivity contribution in [1.29, 1.82) is 0 Å². The molecule has 0 fully saturated rings. The highest BCUT2D eigenvalue weighted by Gasteiger charge is 2.12. The van der Waals surface area contributed by atoms with Crippen molar-refractivity contribution in [3.63, 3.8) is 0 Å². The van der Waals surface area contributed by atoms with E-state index in [4.69, 9.17) is 16.2 Å². The molecule has 0 aliphatic heterocycles. The summed E-state index contributed by atoms with van der Waals surface area (Å²) >= 11 is 0. The van der Waals surface area contributed by atoms with Crippen LogP contribution in [0.2, 0.25) is 0 Å². The summed E-state index contributed by atoms with van der Waals surface area (Å²) in [5.41, 5.74) is 12.6. The summed E-state index contributed by atoms with van der Waals surface area (Å²) in [4.78, 5) is 11.3. The van der Waals surface area contributed by atoms with Gasteiger partial charge in [-0.3, -0.25) is 4.79 Å². The molecule has 0 spiro atoms. The number of primary amides is 1. The van der Waals surface area contributed by atoms with E-state index >= 15 is 0 Å². The molecule has 17 heavy (non-hydrogen) atoms. The minimum Gasteiger partial charge on any atom is -0.397 e. The van der Waals surface area contributed by atoms with E-state index in [0.29, 0.717) is 30.2 Å². The topological polar surface area (TPSA) is 90.4 Å². The smallest absolute Gasteiger partial charge is 0.250 e. The first-order valence-corrected chi connectivity index (χ1v) is 5.58. The molecule has 0 bridgehead atoms. The van der Waals surface area contributed by atoms with Crippen molar-refractivity contribution in [2.75, 3.05) is 24.3 Å². The van der Waals surface area contributed by atoms with Crippen molar-refractivity contribution < 1.29 is 9.53 Å². The van der Waals surface area contributed by atoms with E-state index in [9.17, 15) is 4.79 Å². The van der Waals surface area contributed by atoms with Crippen molar-refractivity contribution in [2.45, 2.75) is 19.9 Å². The Kier molecular flexibility index (Phi) is 4.78. The Balaban J connectivity index is 2.85. The van der Waals surface area contributed by atoms with Crippen molar-refractivity contribution in [3.05, 3.63) is 23.8 Å². The van der Waals surface area contributed by atoms with Gasteiger partial charge in [0, 0.05) is 12.6 Å². The summed E-state index contributed by atoms with van der Waals surface area (Å²) in [5.74, 6) is -0.497. The normalized spacial score (nSPS) is 12.1. The number of benzene rings is 1. The fourth-order valence-electron chi connectivity index (χ4n) is 1.52. The molecule has 1 amide bonds. The van der Waals surface area contributed by atoms with Crippen LogP contribution in [0.15, 0.2) is 18.2 Å². The number of ether oxygens (including phenoxy) is 1. The van der Waals surface area contributed by atoms with E-state index in [-0.39, 0.29) is 6.04 Å². The van der Waals surface area contributed by atoms with Crippen LogP contribution in [0.3, 0.4) is 0 Å². The molecule has 5 heteroatoms. The van der Waals surface area contributed by atoms with Gasteiger partial charge in [0.1, 0.15) is 0 Å².